The van der Waals surface area contributed by atoms with Gasteiger partial charge in [0.25, 0.3) is 0 Å². The highest BCUT2D eigenvalue weighted by atomic mass is 15.0. The molecule has 76 valence electrons. The van der Waals surface area contributed by atoms with E-state index in [-0.39, 0.29) is 5.41 Å². The Morgan fingerprint density at radius 1 is 1.07 bits per heavy atom. The summed E-state index contributed by atoms with van der Waals surface area (Å²) in [5.41, 5.74) is 1.10. The van der Waals surface area contributed by atoms with Gasteiger partial charge in [0.05, 0.1) is 0 Å². The molecular formula is C12H13N3. The molecule has 0 saturated heterocycles. The van der Waals surface area contributed by atoms with Gasteiger partial charge in [-0.25, -0.2) is 15.0 Å². The molecule has 1 aliphatic rings. The first kappa shape index (κ1) is 9.77. The monoisotopic (exact) mass is 199 g/mol. The summed E-state index contributed by atoms with van der Waals surface area (Å²) in [5.74, 6) is 0.712. The Bertz CT molecular complexity index is 427. The van der Waals surface area contributed by atoms with Crippen molar-refractivity contribution in [1.82, 2.24) is 15.0 Å². The maximum absolute atomic E-state index is 4.12. The fourth-order valence-electron chi connectivity index (χ4n) is 1.35. The molecule has 0 bridgehead atoms. The third-order valence-electron chi connectivity index (χ3n) is 2.25. The molecule has 2 rings (SSSR count). The van der Waals surface area contributed by atoms with Gasteiger partial charge >= 0.3 is 0 Å². The zero-order valence-corrected chi connectivity index (χ0v) is 8.88. The summed E-state index contributed by atoms with van der Waals surface area (Å²) >= 11 is 0. The van der Waals surface area contributed by atoms with E-state index in [1.807, 2.05) is 12.2 Å². The largest absolute Gasteiger partial charge is 0.225 e. The summed E-state index contributed by atoms with van der Waals surface area (Å²) in [4.78, 5) is 12.0. The van der Waals surface area contributed by atoms with Crippen LogP contribution >= 0.6 is 0 Å². The molecule has 1 heterocycles. The predicted molar refractivity (Wildman–Crippen MR) is 59.9 cm³/mol. The maximum atomic E-state index is 4.12. The quantitative estimate of drug-likeness (QED) is 0.697. The molecule has 1 aromatic heterocycles. The van der Waals surface area contributed by atoms with Crippen LogP contribution in [0.3, 0.4) is 0 Å². The lowest BCUT2D eigenvalue weighted by atomic mass is 9.93. The van der Waals surface area contributed by atoms with Crippen molar-refractivity contribution in [1.29, 1.82) is 0 Å². The highest BCUT2D eigenvalue weighted by Gasteiger charge is 2.11. The second-order valence-corrected chi connectivity index (χ2v) is 4.10. The van der Waals surface area contributed by atoms with Crippen LogP contribution in [0.15, 0.2) is 43.0 Å². The minimum atomic E-state index is 0.0886. The van der Waals surface area contributed by atoms with E-state index in [9.17, 15) is 0 Å². The highest BCUT2D eigenvalue weighted by molar-refractivity contribution is 5.71. The molecule has 0 aromatic carbocycles. The molecule has 0 saturated carbocycles. The number of hydrogen-bond acceptors (Lipinski definition) is 3. The van der Waals surface area contributed by atoms with E-state index in [4.69, 9.17) is 0 Å². The number of nitrogens with zero attached hydrogens (tertiary/aromatic N) is 3. The van der Waals surface area contributed by atoms with E-state index in [0.717, 1.165) is 5.57 Å². The van der Waals surface area contributed by atoms with Gasteiger partial charge in [-0.1, -0.05) is 44.2 Å². The van der Waals surface area contributed by atoms with Gasteiger partial charge in [-0.3, -0.25) is 0 Å². The zero-order chi connectivity index (χ0) is 10.7. The molecule has 1 aliphatic carbocycles. The second-order valence-electron chi connectivity index (χ2n) is 4.10. The molecule has 0 N–H and O–H groups in total. The molecule has 0 radical (unpaired) electrons. The van der Waals surface area contributed by atoms with Crippen molar-refractivity contribution in [2.24, 2.45) is 5.41 Å². The fourth-order valence-corrected chi connectivity index (χ4v) is 1.35. The molecule has 0 atom stereocenters. The van der Waals surface area contributed by atoms with E-state index >= 15 is 0 Å². The number of rotatable bonds is 1. The van der Waals surface area contributed by atoms with Crippen molar-refractivity contribution in [3.05, 3.63) is 48.9 Å². The molecular weight excluding hydrogens is 186 g/mol. The van der Waals surface area contributed by atoms with E-state index in [1.165, 1.54) is 12.7 Å². The van der Waals surface area contributed by atoms with Crippen LogP contribution in [0.2, 0.25) is 0 Å². The molecule has 0 amide bonds. The normalized spacial score (nSPS) is 18.4. The lowest BCUT2D eigenvalue weighted by molar-refractivity contribution is 0.627. The first-order valence-corrected chi connectivity index (χ1v) is 4.88. The Kier molecular flexibility index (Phi) is 2.46. The minimum Gasteiger partial charge on any atom is -0.225 e. The summed E-state index contributed by atoms with van der Waals surface area (Å²) in [6, 6.07) is 0. The lowest BCUT2D eigenvalue weighted by Gasteiger charge is -2.12. The number of aromatic nitrogens is 3. The number of hydrogen-bond donors (Lipinski definition) is 0. The van der Waals surface area contributed by atoms with Crippen LogP contribution in [-0.2, 0) is 0 Å². The van der Waals surface area contributed by atoms with Gasteiger partial charge in [-0.2, -0.15) is 0 Å². The third-order valence-corrected chi connectivity index (χ3v) is 2.25. The first-order valence-electron chi connectivity index (χ1n) is 4.88. The topological polar surface area (TPSA) is 38.7 Å². The van der Waals surface area contributed by atoms with Crippen molar-refractivity contribution >= 4 is 5.57 Å². The van der Waals surface area contributed by atoms with Crippen LogP contribution in [0.5, 0.6) is 0 Å². The SMILES string of the molecule is CC1(C)C=CC=C(c2ncncn2)C=C1. The summed E-state index contributed by atoms with van der Waals surface area (Å²) in [6.07, 6.45) is 13.4. The highest BCUT2D eigenvalue weighted by Crippen LogP contribution is 2.24. The van der Waals surface area contributed by atoms with Gasteiger partial charge in [0.15, 0.2) is 5.82 Å². The Morgan fingerprint density at radius 3 is 2.53 bits per heavy atom. The number of allylic oxidation sites excluding steroid dienone is 6. The zero-order valence-electron chi connectivity index (χ0n) is 8.88. The average Bonchev–Trinajstić information content (AvgIpc) is 2.41. The summed E-state index contributed by atoms with van der Waals surface area (Å²) in [5, 5.41) is 0. The van der Waals surface area contributed by atoms with Crippen LogP contribution in [0.25, 0.3) is 5.57 Å². The smallest absolute Gasteiger partial charge is 0.162 e. The average molecular weight is 199 g/mol. The van der Waals surface area contributed by atoms with Gasteiger partial charge in [-0.15, -0.1) is 0 Å². The van der Waals surface area contributed by atoms with Crippen molar-refractivity contribution in [2.75, 3.05) is 0 Å². The third kappa shape index (κ3) is 2.37. The Balaban J connectivity index is 2.34. The van der Waals surface area contributed by atoms with E-state index in [0.29, 0.717) is 5.82 Å². The Hall–Kier alpha value is -1.77. The molecule has 1 aromatic rings. The summed E-state index contributed by atoms with van der Waals surface area (Å²) < 4.78 is 0. The fraction of sp³-hybridized carbons (Fsp3) is 0.250. The first-order chi connectivity index (χ1) is 7.17. The molecule has 0 unspecified atom stereocenters. The van der Waals surface area contributed by atoms with Crippen LogP contribution < -0.4 is 0 Å². The van der Waals surface area contributed by atoms with E-state index in [1.54, 1.807) is 0 Å². The van der Waals surface area contributed by atoms with Crippen molar-refractivity contribution in [3.8, 4) is 0 Å². The van der Waals surface area contributed by atoms with Crippen molar-refractivity contribution < 1.29 is 0 Å². The summed E-state index contributed by atoms with van der Waals surface area (Å²) in [7, 11) is 0. The van der Waals surface area contributed by atoms with Gasteiger partial charge in [0.2, 0.25) is 0 Å². The van der Waals surface area contributed by atoms with Crippen molar-refractivity contribution in [3.63, 3.8) is 0 Å². The Morgan fingerprint density at radius 2 is 1.80 bits per heavy atom. The van der Waals surface area contributed by atoms with Crippen LogP contribution in [0, 0.1) is 5.41 Å². The molecule has 3 heteroatoms. The van der Waals surface area contributed by atoms with Gasteiger partial charge in [-0.05, 0) is 0 Å². The minimum absolute atomic E-state index is 0.0886. The van der Waals surface area contributed by atoms with Crippen molar-refractivity contribution in [2.45, 2.75) is 13.8 Å². The molecule has 0 aliphatic heterocycles. The predicted octanol–water partition coefficient (Wildman–Crippen LogP) is 2.41. The van der Waals surface area contributed by atoms with Crippen LogP contribution in [-0.4, -0.2) is 15.0 Å². The lowest BCUT2D eigenvalue weighted by Crippen LogP contribution is -2.00. The molecule has 0 fully saturated rings. The van der Waals surface area contributed by atoms with Crippen LogP contribution in [0.4, 0.5) is 0 Å². The van der Waals surface area contributed by atoms with E-state index in [2.05, 4.69) is 47.0 Å². The maximum Gasteiger partial charge on any atom is 0.162 e. The van der Waals surface area contributed by atoms with Gasteiger partial charge < -0.3 is 0 Å². The van der Waals surface area contributed by atoms with Gasteiger partial charge in [0.1, 0.15) is 12.7 Å². The van der Waals surface area contributed by atoms with E-state index < -0.39 is 0 Å². The Labute approximate surface area is 89.3 Å². The molecule has 3 nitrogen and oxygen atoms in total. The second kappa shape index (κ2) is 3.77. The summed E-state index contributed by atoms with van der Waals surface area (Å²) in [6.45, 7) is 4.31. The standard InChI is InChI=1S/C12H13N3/c1-12(2)6-3-4-10(5-7-12)11-14-8-13-9-15-11/h3-9H,1-2H3. The van der Waals surface area contributed by atoms with Crippen LogP contribution in [0.1, 0.15) is 19.7 Å². The molecule has 0 spiro atoms. The van der Waals surface area contributed by atoms with Gasteiger partial charge in [0, 0.05) is 11.0 Å². The molecule has 15 heavy (non-hydrogen) atoms.